The van der Waals surface area contributed by atoms with Crippen molar-refractivity contribution in [1.29, 1.82) is 0 Å². The molecule has 1 saturated heterocycles. The lowest BCUT2D eigenvalue weighted by atomic mass is 10.1. The quantitative estimate of drug-likeness (QED) is 0.841. The van der Waals surface area contributed by atoms with Gasteiger partial charge in [0.1, 0.15) is 0 Å². The van der Waals surface area contributed by atoms with Gasteiger partial charge in [0.25, 0.3) is 0 Å². The predicted octanol–water partition coefficient (Wildman–Crippen LogP) is 1.70. The minimum Gasteiger partial charge on any atom is -0.341 e. The molecule has 0 bridgehead atoms. The van der Waals surface area contributed by atoms with Crippen LogP contribution in [0.25, 0.3) is 0 Å². The summed E-state index contributed by atoms with van der Waals surface area (Å²) in [6, 6.07) is 9.80. The Labute approximate surface area is 120 Å². The topological polar surface area (TPSA) is 40.6 Å². The van der Waals surface area contributed by atoms with Gasteiger partial charge in [-0.3, -0.25) is 9.59 Å². The highest BCUT2D eigenvalue weighted by molar-refractivity contribution is 5.79. The van der Waals surface area contributed by atoms with Gasteiger partial charge >= 0.3 is 0 Å². The van der Waals surface area contributed by atoms with Gasteiger partial charge in [-0.15, -0.1) is 0 Å². The maximum absolute atomic E-state index is 12.3. The third-order valence-corrected chi connectivity index (χ3v) is 3.70. The van der Waals surface area contributed by atoms with Gasteiger partial charge in [-0.1, -0.05) is 37.3 Å². The zero-order valence-electron chi connectivity index (χ0n) is 12.0. The summed E-state index contributed by atoms with van der Waals surface area (Å²) in [7, 11) is 0. The Morgan fingerprint density at radius 2 is 1.55 bits per heavy atom. The molecule has 108 valence electrons. The van der Waals surface area contributed by atoms with Gasteiger partial charge in [0.05, 0.1) is 6.42 Å². The highest BCUT2D eigenvalue weighted by Crippen LogP contribution is 2.08. The van der Waals surface area contributed by atoms with Crippen LogP contribution in [0.1, 0.15) is 25.3 Å². The molecule has 2 amide bonds. The number of carbonyl (C=O) groups excluding carboxylic acids is 2. The number of hydrogen-bond donors (Lipinski definition) is 0. The standard InChI is InChI=1S/C16H22N2O2/c1-2-15(19)17-9-6-10-18(12-11-17)16(20)13-14-7-4-3-5-8-14/h3-5,7-8H,2,6,9-13H2,1H3. The van der Waals surface area contributed by atoms with Crippen LogP contribution in [0.15, 0.2) is 30.3 Å². The molecule has 0 unspecified atom stereocenters. The van der Waals surface area contributed by atoms with E-state index in [0.717, 1.165) is 25.1 Å². The van der Waals surface area contributed by atoms with Crippen LogP contribution in [0, 0.1) is 0 Å². The van der Waals surface area contributed by atoms with Crippen LogP contribution in [0.2, 0.25) is 0 Å². The Morgan fingerprint density at radius 1 is 0.950 bits per heavy atom. The van der Waals surface area contributed by atoms with E-state index in [9.17, 15) is 9.59 Å². The van der Waals surface area contributed by atoms with Crippen molar-refractivity contribution in [2.75, 3.05) is 26.2 Å². The number of nitrogens with zero attached hydrogens (tertiary/aromatic N) is 2. The van der Waals surface area contributed by atoms with Crippen molar-refractivity contribution >= 4 is 11.8 Å². The molecule has 1 aromatic carbocycles. The largest absolute Gasteiger partial charge is 0.341 e. The number of carbonyl (C=O) groups is 2. The Hall–Kier alpha value is -1.84. The fraction of sp³-hybridized carbons (Fsp3) is 0.500. The summed E-state index contributed by atoms with van der Waals surface area (Å²) >= 11 is 0. The molecule has 1 heterocycles. The molecule has 2 rings (SSSR count). The second-order valence-electron chi connectivity index (χ2n) is 5.13. The first-order chi connectivity index (χ1) is 9.70. The van der Waals surface area contributed by atoms with E-state index in [2.05, 4.69) is 0 Å². The molecule has 4 heteroatoms. The van der Waals surface area contributed by atoms with Crippen molar-refractivity contribution in [3.63, 3.8) is 0 Å². The summed E-state index contributed by atoms with van der Waals surface area (Å²) in [5.74, 6) is 0.337. The fourth-order valence-corrected chi connectivity index (χ4v) is 2.52. The maximum Gasteiger partial charge on any atom is 0.227 e. The van der Waals surface area contributed by atoms with E-state index in [4.69, 9.17) is 0 Å². The fourth-order valence-electron chi connectivity index (χ4n) is 2.52. The lowest BCUT2D eigenvalue weighted by molar-refractivity contribution is -0.133. The smallest absolute Gasteiger partial charge is 0.227 e. The SMILES string of the molecule is CCC(=O)N1CCCN(C(=O)Cc2ccccc2)CC1. The van der Waals surface area contributed by atoms with E-state index in [0.29, 0.717) is 25.9 Å². The number of rotatable bonds is 3. The van der Waals surface area contributed by atoms with Crippen LogP contribution in [-0.2, 0) is 16.0 Å². The number of hydrogen-bond acceptors (Lipinski definition) is 2. The van der Waals surface area contributed by atoms with Gasteiger partial charge in [0.15, 0.2) is 0 Å². The summed E-state index contributed by atoms with van der Waals surface area (Å²) in [5.41, 5.74) is 1.04. The summed E-state index contributed by atoms with van der Waals surface area (Å²) in [4.78, 5) is 27.8. The monoisotopic (exact) mass is 274 g/mol. The van der Waals surface area contributed by atoms with Gasteiger partial charge in [0.2, 0.25) is 11.8 Å². The molecule has 1 aromatic rings. The van der Waals surface area contributed by atoms with Crippen LogP contribution in [0.3, 0.4) is 0 Å². The maximum atomic E-state index is 12.3. The van der Waals surface area contributed by atoms with Crippen molar-refractivity contribution in [2.24, 2.45) is 0 Å². The van der Waals surface area contributed by atoms with Crippen LogP contribution < -0.4 is 0 Å². The van der Waals surface area contributed by atoms with Crippen molar-refractivity contribution in [1.82, 2.24) is 9.80 Å². The Morgan fingerprint density at radius 3 is 2.15 bits per heavy atom. The van der Waals surface area contributed by atoms with Crippen LogP contribution in [-0.4, -0.2) is 47.8 Å². The van der Waals surface area contributed by atoms with E-state index in [1.807, 2.05) is 47.1 Å². The van der Waals surface area contributed by atoms with Gasteiger partial charge < -0.3 is 9.80 Å². The van der Waals surface area contributed by atoms with Gasteiger partial charge in [-0.05, 0) is 12.0 Å². The van der Waals surface area contributed by atoms with E-state index in [1.54, 1.807) is 0 Å². The summed E-state index contributed by atoms with van der Waals surface area (Å²) in [6.07, 6.45) is 1.85. The molecule has 0 spiro atoms. The third-order valence-electron chi connectivity index (χ3n) is 3.70. The average molecular weight is 274 g/mol. The van der Waals surface area contributed by atoms with E-state index in [-0.39, 0.29) is 11.8 Å². The van der Waals surface area contributed by atoms with Crippen LogP contribution in [0.4, 0.5) is 0 Å². The Kier molecular flexibility index (Phi) is 5.16. The van der Waals surface area contributed by atoms with Gasteiger partial charge in [-0.2, -0.15) is 0 Å². The molecular formula is C16H22N2O2. The van der Waals surface area contributed by atoms with Crippen LogP contribution >= 0.6 is 0 Å². The molecule has 1 aliphatic rings. The summed E-state index contributed by atoms with van der Waals surface area (Å²) in [5, 5.41) is 0. The third kappa shape index (κ3) is 3.83. The lowest BCUT2D eigenvalue weighted by Gasteiger charge is -2.22. The molecule has 20 heavy (non-hydrogen) atoms. The van der Waals surface area contributed by atoms with E-state index < -0.39 is 0 Å². The molecular weight excluding hydrogens is 252 g/mol. The Bertz CT molecular complexity index is 459. The average Bonchev–Trinajstić information content (AvgIpc) is 2.73. The number of benzene rings is 1. The second-order valence-corrected chi connectivity index (χ2v) is 5.13. The van der Waals surface area contributed by atoms with E-state index in [1.165, 1.54) is 0 Å². The van der Waals surface area contributed by atoms with Crippen molar-refractivity contribution < 1.29 is 9.59 Å². The number of amides is 2. The molecule has 1 fully saturated rings. The van der Waals surface area contributed by atoms with Crippen LogP contribution in [0.5, 0.6) is 0 Å². The van der Waals surface area contributed by atoms with Gasteiger partial charge in [-0.25, -0.2) is 0 Å². The highest BCUT2D eigenvalue weighted by Gasteiger charge is 2.21. The van der Waals surface area contributed by atoms with Gasteiger partial charge in [0, 0.05) is 32.6 Å². The molecule has 0 saturated carbocycles. The zero-order chi connectivity index (χ0) is 14.4. The summed E-state index contributed by atoms with van der Waals surface area (Å²) < 4.78 is 0. The first kappa shape index (κ1) is 14.6. The van der Waals surface area contributed by atoms with E-state index >= 15 is 0 Å². The zero-order valence-corrected chi connectivity index (χ0v) is 12.0. The molecule has 1 aliphatic heterocycles. The highest BCUT2D eigenvalue weighted by atomic mass is 16.2. The second kappa shape index (κ2) is 7.08. The summed E-state index contributed by atoms with van der Waals surface area (Å²) in [6.45, 7) is 4.71. The molecule has 0 atom stereocenters. The lowest BCUT2D eigenvalue weighted by Crippen LogP contribution is -2.37. The normalized spacial score (nSPS) is 15.8. The molecule has 0 aliphatic carbocycles. The van der Waals surface area contributed by atoms with Crippen molar-refractivity contribution in [2.45, 2.75) is 26.2 Å². The Balaban J connectivity index is 1.90. The minimum absolute atomic E-state index is 0.155. The first-order valence-corrected chi connectivity index (χ1v) is 7.30. The first-order valence-electron chi connectivity index (χ1n) is 7.30. The van der Waals surface area contributed by atoms with Crippen molar-refractivity contribution in [3.8, 4) is 0 Å². The minimum atomic E-state index is 0.155. The molecule has 0 N–H and O–H groups in total. The molecule has 0 aromatic heterocycles. The van der Waals surface area contributed by atoms with Crippen molar-refractivity contribution in [3.05, 3.63) is 35.9 Å². The molecule has 4 nitrogen and oxygen atoms in total. The predicted molar refractivity (Wildman–Crippen MR) is 78.2 cm³/mol. The molecule has 0 radical (unpaired) electrons.